The van der Waals surface area contributed by atoms with Crippen molar-refractivity contribution in [1.82, 2.24) is 5.32 Å². The first-order chi connectivity index (χ1) is 12.0. The molecule has 0 radical (unpaired) electrons. The van der Waals surface area contributed by atoms with Gasteiger partial charge in [-0.1, -0.05) is 23.7 Å². The fourth-order valence-electron chi connectivity index (χ4n) is 2.31. The summed E-state index contributed by atoms with van der Waals surface area (Å²) in [5, 5.41) is 5.62. The highest BCUT2D eigenvalue weighted by Gasteiger charge is 2.25. The molecule has 0 aliphatic heterocycles. The third-order valence-corrected chi connectivity index (χ3v) is 5.06. The van der Waals surface area contributed by atoms with E-state index in [1.165, 1.54) is 11.3 Å². The van der Waals surface area contributed by atoms with Crippen molar-refractivity contribution in [1.29, 1.82) is 0 Å². The highest BCUT2D eigenvalue weighted by atomic mass is 35.5. The molecule has 2 N–H and O–H groups in total. The van der Waals surface area contributed by atoms with E-state index in [-0.39, 0.29) is 36.5 Å². The summed E-state index contributed by atoms with van der Waals surface area (Å²) in [5.41, 5.74) is 0.886. The summed E-state index contributed by atoms with van der Waals surface area (Å²) in [7, 11) is 0. The fourth-order valence-corrected chi connectivity index (χ4v) is 3.32. The molecule has 3 rings (SSSR count). The lowest BCUT2D eigenvalue weighted by molar-refractivity contribution is -0.116. The second-order valence-corrected chi connectivity index (χ2v) is 7.58. The fraction of sp³-hybridized carbons (Fsp3) is 0.278. The molecule has 5 nitrogen and oxygen atoms in total. The number of ketones is 1. The summed E-state index contributed by atoms with van der Waals surface area (Å²) in [6.45, 7) is 0. The van der Waals surface area contributed by atoms with E-state index < -0.39 is 0 Å². The second-order valence-electron chi connectivity index (χ2n) is 5.87. The second kappa shape index (κ2) is 7.80. The topological polar surface area (TPSA) is 75.3 Å². The van der Waals surface area contributed by atoms with Crippen LogP contribution in [0, 0.1) is 0 Å². The Labute approximate surface area is 154 Å². The van der Waals surface area contributed by atoms with E-state index in [2.05, 4.69) is 10.6 Å². The van der Waals surface area contributed by atoms with Crippen LogP contribution in [-0.4, -0.2) is 23.6 Å². The van der Waals surface area contributed by atoms with E-state index >= 15 is 0 Å². The van der Waals surface area contributed by atoms with Crippen LogP contribution in [-0.2, 0) is 4.79 Å². The van der Waals surface area contributed by atoms with Crippen LogP contribution >= 0.6 is 22.9 Å². The van der Waals surface area contributed by atoms with Crippen LogP contribution < -0.4 is 10.6 Å². The summed E-state index contributed by atoms with van der Waals surface area (Å²) < 4.78 is 0.545. The maximum absolute atomic E-state index is 12.2. The molecule has 1 aliphatic carbocycles. The molecule has 2 aromatic rings. The average Bonchev–Trinajstić information content (AvgIpc) is 3.30. The van der Waals surface area contributed by atoms with Gasteiger partial charge < -0.3 is 10.6 Å². The lowest BCUT2D eigenvalue weighted by Crippen LogP contribution is -2.27. The molecule has 1 saturated carbocycles. The Hall–Kier alpha value is -2.18. The van der Waals surface area contributed by atoms with E-state index in [1.54, 1.807) is 36.4 Å². The van der Waals surface area contributed by atoms with Crippen molar-refractivity contribution in [3.05, 3.63) is 51.2 Å². The van der Waals surface area contributed by atoms with Crippen molar-refractivity contribution in [2.45, 2.75) is 31.7 Å². The van der Waals surface area contributed by atoms with Crippen molar-refractivity contribution in [3.63, 3.8) is 0 Å². The van der Waals surface area contributed by atoms with Crippen LogP contribution in [0.3, 0.4) is 0 Å². The SMILES string of the molecule is O=C(CCC(=O)c1ccc(Cl)s1)Nc1ccccc1C(=O)NC1CC1. The van der Waals surface area contributed by atoms with Gasteiger partial charge >= 0.3 is 0 Å². The average molecular weight is 377 g/mol. The summed E-state index contributed by atoms with van der Waals surface area (Å²) in [4.78, 5) is 36.9. The van der Waals surface area contributed by atoms with Crippen LogP contribution in [0.2, 0.25) is 4.34 Å². The molecule has 1 heterocycles. The molecule has 0 atom stereocenters. The molecular formula is C18H17ClN2O3S. The highest BCUT2D eigenvalue weighted by Crippen LogP contribution is 2.24. The van der Waals surface area contributed by atoms with Crippen molar-refractivity contribution in [3.8, 4) is 0 Å². The van der Waals surface area contributed by atoms with Crippen molar-refractivity contribution in [2.24, 2.45) is 0 Å². The minimum atomic E-state index is -0.303. The number of benzene rings is 1. The van der Waals surface area contributed by atoms with Gasteiger partial charge in [0, 0.05) is 18.9 Å². The standard InChI is InChI=1S/C18H17ClN2O3S/c19-16-9-8-15(25-16)14(22)7-10-17(23)21-13-4-2-1-3-12(13)18(24)20-11-5-6-11/h1-4,8-9,11H,5-7,10H2,(H,20,24)(H,21,23). The quantitative estimate of drug-likeness (QED) is 0.720. The first kappa shape index (κ1) is 17.6. The van der Waals surface area contributed by atoms with Gasteiger partial charge in [0.15, 0.2) is 5.78 Å². The van der Waals surface area contributed by atoms with Crippen LogP contribution in [0.25, 0.3) is 0 Å². The Morgan fingerprint density at radius 2 is 1.84 bits per heavy atom. The lowest BCUT2D eigenvalue weighted by Gasteiger charge is -2.11. The Bertz CT molecular complexity index is 814. The maximum Gasteiger partial charge on any atom is 0.253 e. The zero-order chi connectivity index (χ0) is 17.8. The molecule has 130 valence electrons. The third kappa shape index (κ3) is 4.90. The van der Waals surface area contributed by atoms with E-state index in [9.17, 15) is 14.4 Å². The normalized spacial score (nSPS) is 13.3. The number of halogens is 1. The first-order valence-corrected chi connectivity index (χ1v) is 9.20. The van der Waals surface area contributed by atoms with Gasteiger partial charge in [-0.2, -0.15) is 0 Å². The van der Waals surface area contributed by atoms with Crippen LogP contribution in [0.4, 0.5) is 5.69 Å². The minimum Gasteiger partial charge on any atom is -0.349 e. The largest absolute Gasteiger partial charge is 0.349 e. The summed E-state index contributed by atoms with van der Waals surface area (Å²) in [5.74, 6) is -0.614. The molecule has 1 fully saturated rings. The molecular weight excluding hydrogens is 360 g/mol. The molecule has 2 amide bonds. The third-order valence-electron chi connectivity index (χ3n) is 3.79. The molecule has 0 bridgehead atoms. The zero-order valence-corrected chi connectivity index (χ0v) is 15.0. The number of hydrogen-bond acceptors (Lipinski definition) is 4. The minimum absolute atomic E-state index is 0.0485. The first-order valence-electron chi connectivity index (χ1n) is 8.01. The zero-order valence-electron chi connectivity index (χ0n) is 13.4. The van der Waals surface area contributed by atoms with Crippen molar-refractivity contribution < 1.29 is 14.4 Å². The molecule has 25 heavy (non-hydrogen) atoms. The molecule has 7 heteroatoms. The summed E-state index contributed by atoms with van der Waals surface area (Å²) in [6, 6.07) is 10.4. The van der Waals surface area contributed by atoms with Crippen LogP contribution in [0.1, 0.15) is 45.7 Å². The molecule has 0 unspecified atom stereocenters. The molecule has 1 aromatic carbocycles. The van der Waals surface area contributed by atoms with Gasteiger partial charge in [-0.15, -0.1) is 11.3 Å². The maximum atomic E-state index is 12.2. The summed E-state index contributed by atoms with van der Waals surface area (Å²) in [6.07, 6.45) is 2.14. The molecule has 0 spiro atoms. The number of nitrogens with one attached hydrogen (secondary N) is 2. The number of para-hydroxylation sites is 1. The number of hydrogen-bond donors (Lipinski definition) is 2. The van der Waals surface area contributed by atoms with Crippen molar-refractivity contribution >= 4 is 46.2 Å². The van der Waals surface area contributed by atoms with Gasteiger partial charge in [0.05, 0.1) is 20.5 Å². The predicted molar refractivity (Wildman–Crippen MR) is 98.5 cm³/mol. The van der Waals surface area contributed by atoms with Crippen LogP contribution in [0.15, 0.2) is 36.4 Å². The van der Waals surface area contributed by atoms with Crippen molar-refractivity contribution in [2.75, 3.05) is 5.32 Å². The van der Waals surface area contributed by atoms with Gasteiger partial charge in [-0.05, 0) is 37.1 Å². The number of Topliss-reactive ketones (excluding diaryl/α,β-unsaturated/α-hetero) is 1. The van der Waals surface area contributed by atoms with E-state index in [1.807, 2.05) is 0 Å². The Balaban J connectivity index is 1.57. The Morgan fingerprint density at radius 3 is 2.52 bits per heavy atom. The van der Waals surface area contributed by atoms with Crippen LogP contribution in [0.5, 0.6) is 0 Å². The van der Waals surface area contributed by atoms with E-state index in [0.29, 0.717) is 20.5 Å². The Morgan fingerprint density at radius 1 is 1.08 bits per heavy atom. The number of carbonyl (C=O) groups excluding carboxylic acids is 3. The number of carbonyl (C=O) groups is 3. The number of thiophene rings is 1. The number of anilines is 1. The lowest BCUT2D eigenvalue weighted by atomic mass is 10.1. The molecule has 1 aliphatic rings. The smallest absolute Gasteiger partial charge is 0.253 e. The van der Waals surface area contributed by atoms with Gasteiger partial charge in [-0.3, -0.25) is 14.4 Å². The van der Waals surface area contributed by atoms with Gasteiger partial charge in [0.25, 0.3) is 5.91 Å². The molecule has 1 aromatic heterocycles. The van der Waals surface area contributed by atoms with E-state index in [0.717, 1.165) is 12.8 Å². The van der Waals surface area contributed by atoms with Gasteiger partial charge in [0.1, 0.15) is 0 Å². The van der Waals surface area contributed by atoms with Gasteiger partial charge in [-0.25, -0.2) is 0 Å². The molecule has 0 saturated heterocycles. The van der Waals surface area contributed by atoms with E-state index in [4.69, 9.17) is 11.6 Å². The number of amides is 2. The highest BCUT2D eigenvalue weighted by molar-refractivity contribution is 7.18. The Kier molecular flexibility index (Phi) is 5.50. The monoisotopic (exact) mass is 376 g/mol. The predicted octanol–water partition coefficient (Wildman–Crippen LogP) is 3.90. The van der Waals surface area contributed by atoms with Gasteiger partial charge in [0.2, 0.25) is 5.91 Å². The summed E-state index contributed by atoms with van der Waals surface area (Å²) >= 11 is 7.01. The number of rotatable bonds is 7.